The number of amides is 1. The van der Waals surface area contributed by atoms with Crippen molar-refractivity contribution in [2.45, 2.75) is 19.4 Å². The predicted molar refractivity (Wildman–Crippen MR) is 88.7 cm³/mol. The van der Waals surface area contributed by atoms with Crippen molar-refractivity contribution in [2.75, 3.05) is 26.8 Å². The third-order valence-electron chi connectivity index (χ3n) is 2.60. The topological polar surface area (TPSA) is 108 Å². The summed E-state index contributed by atoms with van der Waals surface area (Å²) in [6.07, 6.45) is 2.37. The number of carbonyl (C=O) groups is 3. The van der Waals surface area contributed by atoms with Gasteiger partial charge in [0.25, 0.3) is 0 Å². The Labute approximate surface area is 137 Å². The van der Waals surface area contributed by atoms with Crippen LogP contribution in [0.25, 0.3) is 0 Å². The molecule has 1 amide bonds. The highest BCUT2D eigenvalue weighted by Crippen LogP contribution is 2.13. The van der Waals surface area contributed by atoms with E-state index in [9.17, 15) is 14.4 Å². The van der Waals surface area contributed by atoms with Gasteiger partial charge in [0.15, 0.2) is 5.78 Å². The molecule has 0 aromatic carbocycles. The van der Waals surface area contributed by atoms with Crippen molar-refractivity contribution < 1.29 is 23.9 Å². The van der Waals surface area contributed by atoms with Crippen LogP contribution in [0.4, 0.5) is 0 Å². The first-order valence-electron chi connectivity index (χ1n) is 6.81. The number of nitrogens with one attached hydrogen (secondary N) is 1. The minimum atomic E-state index is -0.681. The third-order valence-corrected chi connectivity index (χ3v) is 2.60. The summed E-state index contributed by atoms with van der Waals surface area (Å²) in [4.78, 5) is 30.9. The molecule has 0 aromatic rings. The monoisotopic (exact) mass is 326 g/mol. The van der Waals surface area contributed by atoms with Crippen LogP contribution in [0.1, 0.15) is 13.8 Å². The van der Waals surface area contributed by atoms with Crippen LogP contribution in [0.15, 0.2) is 37.5 Å². The second-order valence-corrected chi connectivity index (χ2v) is 4.70. The molecular formula is C16H26N2O5. The number of morpholine rings is 1. The SMILES string of the molecule is C=C(C)C(=O)OC.C=CC(=O)C1(C)CNCCO1.C=CC(N)=O. The van der Waals surface area contributed by atoms with Crippen molar-refractivity contribution in [3.05, 3.63) is 37.5 Å². The van der Waals surface area contributed by atoms with Crippen LogP contribution in [0, 0.1) is 0 Å². The minimum Gasteiger partial charge on any atom is -0.466 e. The molecule has 130 valence electrons. The van der Waals surface area contributed by atoms with Crippen molar-refractivity contribution in [1.29, 1.82) is 0 Å². The quantitative estimate of drug-likeness (QED) is 0.576. The Morgan fingerprint density at radius 3 is 2.04 bits per heavy atom. The van der Waals surface area contributed by atoms with E-state index in [0.29, 0.717) is 18.7 Å². The lowest BCUT2D eigenvalue weighted by atomic mass is 9.99. The van der Waals surface area contributed by atoms with Gasteiger partial charge >= 0.3 is 5.97 Å². The summed E-state index contributed by atoms with van der Waals surface area (Å²) in [5.74, 6) is -0.880. The van der Waals surface area contributed by atoms with Crippen LogP contribution in [0.2, 0.25) is 0 Å². The van der Waals surface area contributed by atoms with Gasteiger partial charge in [-0.15, -0.1) is 0 Å². The number of carbonyl (C=O) groups excluding carboxylic acids is 3. The van der Waals surface area contributed by atoms with Gasteiger partial charge in [-0.05, 0) is 26.0 Å². The molecule has 1 saturated heterocycles. The molecule has 3 N–H and O–H groups in total. The zero-order valence-electron chi connectivity index (χ0n) is 14.0. The fourth-order valence-corrected chi connectivity index (χ4v) is 1.27. The Kier molecular flexibility index (Phi) is 12.3. The van der Waals surface area contributed by atoms with Gasteiger partial charge in [-0.1, -0.05) is 19.7 Å². The standard InChI is InChI=1S/C8H13NO2.C5H8O2.C3H5NO/c1-3-7(10)8(2)6-9-4-5-11-8;1-4(2)5(6)7-3;1-2-3(4)5/h3,9H,1,4-6H2,2H3;1H2,2-3H3;2H,1H2,(H2,4,5). The molecule has 7 heteroatoms. The van der Waals surface area contributed by atoms with Crippen LogP contribution in [0.5, 0.6) is 0 Å². The Bertz CT molecular complexity index is 451. The highest BCUT2D eigenvalue weighted by atomic mass is 16.5. The number of primary amides is 1. The van der Waals surface area contributed by atoms with E-state index in [-0.39, 0.29) is 11.8 Å². The molecule has 1 rings (SSSR count). The lowest BCUT2D eigenvalue weighted by Gasteiger charge is -2.31. The molecule has 0 aromatic heterocycles. The number of rotatable bonds is 4. The summed E-state index contributed by atoms with van der Waals surface area (Å²) in [7, 11) is 1.33. The van der Waals surface area contributed by atoms with Gasteiger partial charge < -0.3 is 20.5 Å². The molecular weight excluding hydrogens is 300 g/mol. The number of methoxy groups -OCH3 is 1. The van der Waals surface area contributed by atoms with Gasteiger partial charge in [-0.2, -0.15) is 0 Å². The summed E-state index contributed by atoms with van der Waals surface area (Å²) >= 11 is 0. The van der Waals surface area contributed by atoms with E-state index in [4.69, 9.17) is 4.74 Å². The summed E-state index contributed by atoms with van der Waals surface area (Å²) < 4.78 is 9.61. The fraction of sp³-hybridized carbons (Fsp3) is 0.438. The van der Waals surface area contributed by atoms with E-state index in [1.165, 1.54) is 13.2 Å². The molecule has 1 fully saturated rings. The Morgan fingerprint density at radius 1 is 1.30 bits per heavy atom. The number of ether oxygens (including phenoxy) is 2. The second-order valence-electron chi connectivity index (χ2n) is 4.70. The van der Waals surface area contributed by atoms with E-state index in [2.05, 4.69) is 35.5 Å². The third kappa shape index (κ3) is 11.0. The van der Waals surface area contributed by atoms with E-state index >= 15 is 0 Å². The predicted octanol–water partition coefficient (Wildman–Crippen LogP) is 0.513. The first-order chi connectivity index (χ1) is 10.6. The first kappa shape index (κ1) is 23.0. The molecule has 1 aliphatic heterocycles. The summed E-state index contributed by atoms with van der Waals surface area (Å²) in [5, 5.41) is 3.10. The molecule has 1 atom stereocenters. The molecule has 1 heterocycles. The molecule has 0 spiro atoms. The van der Waals surface area contributed by atoms with E-state index in [1.807, 2.05) is 0 Å². The summed E-state index contributed by atoms with van der Waals surface area (Å²) in [6.45, 7) is 15.2. The van der Waals surface area contributed by atoms with E-state index < -0.39 is 11.5 Å². The van der Waals surface area contributed by atoms with Gasteiger partial charge in [-0.3, -0.25) is 9.59 Å². The molecule has 23 heavy (non-hydrogen) atoms. The molecule has 0 radical (unpaired) electrons. The lowest BCUT2D eigenvalue weighted by molar-refractivity contribution is -0.140. The largest absolute Gasteiger partial charge is 0.466 e. The zero-order chi connectivity index (χ0) is 18.5. The number of hydrogen-bond donors (Lipinski definition) is 2. The zero-order valence-corrected chi connectivity index (χ0v) is 14.0. The molecule has 0 bridgehead atoms. The van der Waals surface area contributed by atoms with Crippen molar-refractivity contribution >= 4 is 17.7 Å². The molecule has 1 unspecified atom stereocenters. The van der Waals surface area contributed by atoms with E-state index in [1.54, 1.807) is 13.8 Å². The molecule has 0 aliphatic carbocycles. The van der Waals surface area contributed by atoms with Crippen molar-refractivity contribution in [1.82, 2.24) is 5.32 Å². The Morgan fingerprint density at radius 2 is 1.83 bits per heavy atom. The van der Waals surface area contributed by atoms with Gasteiger partial charge in [0.2, 0.25) is 5.91 Å². The van der Waals surface area contributed by atoms with Crippen LogP contribution in [0.3, 0.4) is 0 Å². The van der Waals surface area contributed by atoms with Gasteiger partial charge in [0.1, 0.15) is 5.60 Å². The maximum absolute atomic E-state index is 11.2. The normalized spacial score (nSPS) is 18.7. The highest BCUT2D eigenvalue weighted by molar-refractivity contribution is 5.96. The maximum Gasteiger partial charge on any atom is 0.332 e. The molecule has 7 nitrogen and oxygen atoms in total. The van der Waals surface area contributed by atoms with Crippen LogP contribution in [-0.4, -0.2) is 50.1 Å². The number of nitrogens with two attached hydrogens (primary N) is 1. The van der Waals surface area contributed by atoms with Crippen LogP contribution >= 0.6 is 0 Å². The molecule has 0 saturated carbocycles. The van der Waals surface area contributed by atoms with Gasteiger partial charge in [0.05, 0.1) is 13.7 Å². The first-order valence-corrected chi connectivity index (χ1v) is 6.81. The second kappa shape index (κ2) is 12.3. The lowest BCUT2D eigenvalue weighted by Crippen LogP contribution is -2.52. The van der Waals surface area contributed by atoms with Crippen molar-refractivity contribution in [3.63, 3.8) is 0 Å². The van der Waals surface area contributed by atoms with Gasteiger partial charge in [0, 0.05) is 18.7 Å². The number of hydrogen-bond acceptors (Lipinski definition) is 6. The van der Waals surface area contributed by atoms with Crippen molar-refractivity contribution in [2.24, 2.45) is 5.73 Å². The van der Waals surface area contributed by atoms with Crippen LogP contribution < -0.4 is 11.1 Å². The average molecular weight is 326 g/mol. The Balaban J connectivity index is 0. The smallest absolute Gasteiger partial charge is 0.332 e. The highest BCUT2D eigenvalue weighted by Gasteiger charge is 2.33. The minimum absolute atomic E-state index is 0.0512. The average Bonchev–Trinajstić information content (AvgIpc) is 2.54. The summed E-state index contributed by atoms with van der Waals surface area (Å²) in [6, 6.07) is 0. The maximum atomic E-state index is 11.2. The number of esters is 1. The van der Waals surface area contributed by atoms with Crippen LogP contribution in [-0.2, 0) is 23.9 Å². The summed E-state index contributed by atoms with van der Waals surface area (Å²) in [5.41, 5.74) is 4.29. The van der Waals surface area contributed by atoms with Gasteiger partial charge in [-0.25, -0.2) is 4.79 Å². The number of ketones is 1. The molecule has 1 aliphatic rings. The Hall–Kier alpha value is -2.25. The fourth-order valence-electron chi connectivity index (χ4n) is 1.27. The van der Waals surface area contributed by atoms with Crippen molar-refractivity contribution in [3.8, 4) is 0 Å². The van der Waals surface area contributed by atoms with E-state index in [0.717, 1.165) is 12.6 Å².